The summed E-state index contributed by atoms with van der Waals surface area (Å²) in [7, 11) is -3.35. The molecule has 0 aliphatic carbocycles. The fourth-order valence-electron chi connectivity index (χ4n) is 2.44. The lowest BCUT2D eigenvalue weighted by Crippen LogP contribution is -2.69. The van der Waals surface area contributed by atoms with Gasteiger partial charge in [-0.3, -0.25) is 4.79 Å². The highest BCUT2D eigenvalue weighted by molar-refractivity contribution is 7.10. The SMILES string of the molecule is C[Si](C)(C)O[C@H]1C(=O)N([Si](C)(C)C)[C@H]1c1cccs1. The molecule has 1 aliphatic rings. The van der Waals surface area contributed by atoms with E-state index in [1.165, 1.54) is 4.88 Å². The van der Waals surface area contributed by atoms with Crippen LogP contribution in [-0.2, 0) is 9.22 Å². The first-order valence-electron chi connectivity index (χ1n) is 6.66. The number of carbonyl (C=O) groups excluding carboxylic acids is 1. The van der Waals surface area contributed by atoms with Crippen LogP contribution in [0.2, 0.25) is 39.3 Å². The van der Waals surface area contributed by atoms with Crippen LogP contribution in [0.1, 0.15) is 10.9 Å². The van der Waals surface area contributed by atoms with Crippen LogP contribution < -0.4 is 0 Å². The minimum Gasteiger partial charge on any atom is -0.404 e. The van der Waals surface area contributed by atoms with E-state index in [2.05, 4.69) is 61.4 Å². The Balaban J connectivity index is 2.28. The molecular formula is C13H23NO2SSi2. The predicted octanol–water partition coefficient (Wildman–Crippen LogP) is 3.69. The van der Waals surface area contributed by atoms with E-state index in [1.807, 2.05) is 0 Å². The van der Waals surface area contributed by atoms with Crippen molar-refractivity contribution in [1.29, 1.82) is 0 Å². The van der Waals surface area contributed by atoms with Crippen molar-refractivity contribution < 1.29 is 9.22 Å². The number of amides is 1. The van der Waals surface area contributed by atoms with E-state index < -0.39 is 16.6 Å². The van der Waals surface area contributed by atoms with Crippen molar-refractivity contribution in [3.63, 3.8) is 0 Å². The highest BCUT2D eigenvalue weighted by atomic mass is 32.1. The molecule has 0 bridgehead atoms. The number of carbonyl (C=O) groups is 1. The number of β-lactam (4-membered cyclic amide) rings is 1. The Bertz CT molecular complexity index is 462. The van der Waals surface area contributed by atoms with Crippen molar-refractivity contribution in [2.75, 3.05) is 0 Å². The van der Waals surface area contributed by atoms with Gasteiger partial charge < -0.3 is 8.99 Å². The number of hydrogen-bond acceptors (Lipinski definition) is 3. The summed E-state index contributed by atoms with van der Waals surface area (Å²) in [6.07, 6.45) is -0.253. The average molecular weight is 314 g/mol. The van der Waals surface area contributed by atoms with E-state index in [9.17, 15) is 4.79 Å². The smallest absolute Gasteiger partial charge is 0.245 e. The first-order chi connectivity index (χ1) is 8.61. The molecule has 19 heavy (non-hydrogen) atoms. The molecule has 0 N–H and O–H groups in total. The maximum Gasteiger partial charge on any atom is 0.245 e. The fourth-order valence-corrected chi connectivity index (χ4v) is 6.26. The van der Waals surface area contributed by atoms with Gasteiger partial charge in [0.15, 0.2) is 16.6 Å². The zero-order chi connectivity index (χ0) is 14.4. The van der Waals surface area contributed by atoms with Crippen LogP contribution in [0.5, 0.6) is 0 Å². The van der Waals surface area contributed by atoms with E-state index in [4.69, 9.17) is 4.43 Å². The lowest BCUT2D eigenvalue weighted by Gasteiger charge is -2.54. The molecule has 1 amide bonds. The lowest BCUT2D eigenvalue weighted by molar-refractivity contribution is -0.155. The van der Waals surface area contributed by atoms with Crippen LogP contribution in [0.3, 0.4) is 0 Å². The molecule has 0 saturated carbocycles. The third-order valence-electron chi connectivity index (χ3n) is 3.08. The molecule has 1 fully saturated rings. The Morgan fingerprint density at radius 1 is 1.21 bits per heavy atom. The minimum atomic E-state index is -1.70. The van der Waals surface area contributed by atoms with Crippen LogP contribution in [-0.4, -0.2) is 33.1 Å². The van der Waals surface area contributed by atoms with E-state index in [-0.39, 0.29) is 18.1 Å². The summed E-state index contributed by atoms with van der Waals surface area (Å²) >= 11 is 1.72. The topological polar surface area (TPSA) is 29.5 Å². The Labute approximate surface area is 121 Å². The van der Waals surface area contributed by atoms with Crippen molar-refractivity contribution in [1.82, 2.24) is 4.57 Å². The molecule has 0 spiro atoms. The quantitative estimate of drug-likeness (QED) is 0.627. The van der Waals surface area contributed by atoms with Crippen molar-refractivity contribution in [2.24, 2.45) is 0 Å². The highest BCUT2D eigenvalue weighted by Gasteiger charge is 2.54. The van der Waals surface area contributed by atoms with Gasteiger partial charge in [-0.2, -0.15) is 0 Å². The van der Waals surface area contributed by atoms with Gasteiger partial charge in [0, 0.05) is 4.88 Å². The Kier molecular flexibility index (Phi) is 3.81. The Hall–Kier alpha value is -0.436. The highest BCUT2D eigenvalue weighted by Crippen LogP contribution is 2.43. The first kappa shape index (κ1) is 15.0. The molecule has 2 rings (SSSR count). The maximum atomic E-state index is 12.5. The zero-order valence-corrected chi connectivity index (χ0v) is 15.4. The van der Waals surface area contributed by atoms with Crippen molar-refractivity contribution >= 4 is 33.8 Å². The molecule has 0 radical (unpaired) electrons. The van der Waals surface area contributed by atoms with Gasteiger partial charge in [-0.05, 0) is 31.1 Å². The number of rotatable bonds is 4. The van der Waals surface area contributed by atoms with E-state index in [1.54, 1.807) is 11.3 Å². The second-order valence-electron chi connectivity index (χ2n) is 6.99. The molecule has 0 unspecified atom stereocenters. The van der Waals surface area contributed by atoms with Gasteiger partial charge in [-0.25, -0.2) is 0 Å². The Morgan fingerprint density at radius 2 is 1.84 bits per heavy atom. The summed E-state index contributed by atoms with van der Waals surface area (Å²) in [4.78, 5) is 13.7. The molecule has 0 aromatic carbocycles. The maximum absolute atomic E-state index is 12.5. The van der Waals surface area contributed by atoms with Gasteiger partial charge >= 0.3 is 0 Å². The predicted molar refractivity (Wildman–Crippen MR) is 85.5 cm³/mol. The number of thiophene rings is 1. The molecule has 1 saturated heterocycles. The summed E-state index contributed by atoms with van der Waals surface area (Å²) < 4.78 is 8.23. The van der Waals surface area contributed by atoms with Gasteiger partial charge in [-0.15, -0.1) is 11.3 Å². The normalized spacial score (nSPS) is 24.5. The monoisotopic (exact) mass is 313 g/mol. The third-order valence-corrected chi connectivity index (χ3v) is 6.93. The van der Waals surface area contributed by atoms with E-state index in [0.29, 0.717) is 0 Å². The van der Waals surface area contributed by atoms with Crippen molar-refractivity contribution in [2.45, 2.75) is 51.4 Å². The summed E-state index contributed by atoms with van der Waals surface area (Å²) in [6.45, 7) is 13.1. The van der Waals surface area contributed by atoms with Gasteiger partial charge in [0.2, 0.25) is 5.91 Å². The molecule has 6 heteroatoms. The second-order valence-corrected chi connectivity index (χ2v) is 17.3. The summed E-state index contributed by atoms with van der Waals surface area (Å²) in [6, 6.07) is 4.32. The number of hydrogen-bond donors (Lipinski definition) is 0. The van der Waals surface area contributed by atoms with Gasteiger partial charge in [0.1, 0.15) is 6.10 Å². The molecule has 1 aliphatic heterocycles. The molecule has 1 aromatic rings. The molecule has 1 aromatic heterocycles. The van der Waals surface area contributed by atoms with Crippen LogP contribution >= 0.6 is 11.3 Å². The van der Waals surface area contributed by atoms with Crippen molar-refractivity contribution in [3.8, 4) is 0 Å². The summed E-state index contributed by atoms with van der Waals surface area (Å²) in [5.74, 6) is 0.194. The lowest BCUT2D eigenvalue weighted by atomic mass is 10.0. The van der Waals surface area contributed by atoms with Gasteiger partial charge in [-0.1, -0.05) is 25.7 Å². The van der Waals surface area contributed by atoms with Crippen LogP contribution in [0.15, 0.2) is 17.5 Å². The molecule has 106 valence electrons. The largest absolute Gasteiger partial charge is 0.404 e. The molecule has 3 nitrogen and oxygen atoms in total. The van der Waals surface area contributed by atoms with Gasteiger partial charge in [0.05, 0.1) is 6.04 Å². The standard InChI is InChI=1S/C13H23NO2SSi2/c1-18(2,3)14-11(10-8-7-9-17-10)12(13(14)15)16-19(4,5)6/h7-9,11-12H,1-6H3/t11-,12+/m0/s1. The molecular weight excluding hydrogens is 290 g/mol. The first-order valence-corrected chi connectivity index (χ1v) is 14.4. The third kappa shape index (κ3) is 3.02. The summed E-state index contributed by atoms with van der Waals surface area (Å²) in [5.41, 5.74) is 0. The zero-order valence-electron chi connectivity index (χ0n) is 12.6. The van der Waals surface area contributed by atoms with Crippen LogP contribution in [0.25, 0.3) is 0 Å². The van der Waals surface area contributed by atoms with E-state index >= 15 is 0 Å². The van der Waals surface area contributed by atoms with Gasteiger partial charge in [0.25, 0.3) is 0 Å². The number of nitrogens with zero attached hydrogens (tertiary/aromatic N) is 1. The second kappa shape index (κ2) is 4.84. The summed E-state index contributed by atoms with van der Waals surface area (Å²) in [5, 5.41) is 2.08. The van der Waals surface area contributed by atoms with E-state index in [0.717, 1.165) is 0 Å². The Morgan fingerprint density at radius 3 is 2.26 bits per heavy atom. The minimum absolute atomic E-state index is 0.144. The molecule has 2 atom stereocenters. The fraction of sp³-hybridized carbons (Fsp3) is 0.615. The average Bonchev–Trinajstić information content (AvgIpc) is 2.71. The van der Waals surface area contributed by atoms with Crippen LogP contribution in [0, 0.1) is 0 Å². The van der Waals surface area contributed by atoms with Crippen molar-refractivity contribution in [3.05, 3.63) is 22.4 Å². The van der Waals surface area contributed by atoms with Crippen LogP contribution in [0.4, 0.5) is 0 Å². The molecule has 2 heterocycles.